The number of nitrogens with zero attached hydrogens (tertiary/aromatic N) is 2. The first kappa shape index (κ1) is 24.4. The van der Waals surface area contributed by atoms with Crippen molar-refractivity contribution in [2.75, 3.05) is 39.3 Å². The summed E-state index contributed by atoms with van der Waals surface area (Å²) in [6, 6.07) is 9.89. The fourth-order valence-corrected chi connectivity index (χ4v) is 4.64. The molecule has 32 heavy (non-hydrogen) atoms. The van der Waals surface area contributed by atoms with Crippen LogP contribution in [0.4, 0.5) is 4.39 Å². The predicted octanol–water partition coefficient (Wildman–Crippen LogP) is 3.02. The van der Waals surface area contributed by atoms with E-state index in [9.17, 15) is 14.0 Å². The van der Waals surface area contributed by atoms with Crippen LogP contribution in [0.15, 0.2) is 41.8 Å². The smallest absolute Gasteiger partial charge is 0.234 e. The van der Waals surface area contributed by atoms with E-state index in [0.29, 0.717) is 13.1 Å². The minimum atomic E-state index is -0.298. The van der Waals surface area contributed by atoms with Crippen LogP contribution in [-0.2, 0) is 9.59 Å². The molecule has 1 aliphatic rings. The number of nitrogens with one attached hydrogen (secondary N) is 2. The van der Waals surface area contributed by atoms with Crippen molar-refractivity contribution >= 4 is 23.2 Å². The number of halogens is 1. The molecule has 0 spiro atoms. The van der Waals surface area contributed by atoms with Crippen LogP contribution in [-0.4, -0.2) is 66.4 Å². The van der Waals surface area contributed by atoms with E-state index in [1.165, 1.54) is 12.1 Å². The fourth-order valence-electron chi connectivity index (χ4n) is 3.84. The summed E-state index contributed by atoms with van der Waals surface area (Å²) in [5.41, 5.74) is 0.616. The molecule has 1 aromatic heterocycles. The first-order chi connectivity index (χ1) is 15.2. The third-order valence-electron chi connectivity index (χ3n) is 5.27. The van der Waals surface area contributed by atoms with Crippen molar-refractivity contribution in [2.45, 2.75) is 38.8 Å². The van der Waals surface area contributed by atoms with Crippen molar-refractivity contribution in [1.82, 2.24) is 20.4 Å². The van der Waals surface area contributed by atoms with Gasteiger partial charge in [0.1, 0.15) is 5.82 Å². The lowest BCUT2D eigenvalue weighted by Gasteiger charge is -2.25. The zero-order valence-electron chi connectivity index (χ0n) is 19.1. The Balaban J connectivity index is 1.54. The van der Waals surface area contributed by atoms with Crippen molar-refractivity contribution in [3.63, 3.8) is 0 Å². The Morgan fingerprint density at radius 3 is 2.19 bits per heavy atom. The lowest BCUT2D eigenvalue weighted by molar-refractivity contribution is -0.124. The quantitative estimate of drug-likeness (QED) is 0.667. The molecule has 6 nitrogen and oxygen atoms in total. The lowest BCUT2D eigenvalue weighted by Crippen LogP contribution is -2.46. The minimum absolute atomic E-state index is 0.0294. The Kier molecular flexibility index (Phi) is 8.39. The van der Waals surface area contributed by atoms with Crippen molar-refractivity contribution in [2.24, 2.45) is 0 Å². The topological polar surface area (TPSA) is 64.7 Å². The van der Waals surface area contributed by atoms with E-state index in [0.717, 1.165) is 43.0 Å². The molecule has 2 N–H and O–H groups in total. The van der Waals surface area contributed by atoms with Gasteiger partial charge in [-0.25, -0.2) is 4.39 Å². The lowest BCUT2D eigenvalue weighted by atomic mass is 10.1. The molecule has 1 aromatic carbocycles. The van der Waals surface area contributed by atoms with Crippen LogP contribution < -0.4 is 10.6 Å². The fraction of sp³-hybridized carbons (Fsp3) is 0.500. The molecule has 1 fully saturated rings. The maximum atomic E-state index is 13.4. The highest BCUT2D eigenvalue weighted by atomic mass is 32.1. The number of carbonyl (C=O) groups is 2. The number of benzene rings is 1. The largest absolute Gasteiger partial charge is 0.350 e. The molecule has 0 unspecified atom stereocenters. The molecular weight excluding hydrogens is 427 g/mol. The summed E-state index contributed by atoms with van der Waals surface area (Å²) < 4.78 is 13.4. The van der Waals surface area contributed by atoms with Gasteiger partial charge in [0.05, 0.1) is 19.1 Å². The molecule has 0 radical (unpaired) electrons. The van der Waals surface area contributed by atoms with E-state index < -0.39 is 0 Å². The first-order valence-electron chi connectivity index (χ1n) is 11.0. The highest BCUT2D eigenvalue weighted by molar-refractivity contribution is 7.10. The molecule has 0 aliphatic carbocycles. The van der Waals surface area contributed by atoms with Crippen LogP contribution in [0.2, 0.25) is 0 Å². The Morgan fingerprint density at radius 1 is 1.00 bits per heavy atom. The van der Waals surface area contributed by atoms with Crippen LogP contribution in [0.5, 0.6) is 0 Å². The number of hydrogen-bond donors (Lipinski definition) is 2. The molecule has 174 valence electrons. The van der Waals surface area contributed by atoms with Crippen LogP contribution >= 0.6 is 11.3 Å². The molecular formula is C24H33FN4O2S. The summed E-state index contributed by atoms with van der Waals surface area (Å²) in [4.78, 5) is 30.4. The normalized spacial score (nSPS) is 16.9. The SMILES string of the molecule is CC(C)(C)NC(=O)CN1CCCN(CC(=O)N[C@H](c2ccc(F)cc2)c2cccs2)CC1. The summed E-state index contributed by atoms with van der Waals surface area (Å²) in [6.45, 7) is 9.73. The zero-order valence-corrected chi connectivity index (χ0v) is 19.9. The predicted molar refractivity (Wildman–Crippen MR) is 126 cm³/mol. The minimum Gasteiger partial charge on any atom is -0.350 e. The molecule has 1 aliphatic heterocycles. The van der Waals surface area contributed by atoms with Crippen molar-refractivity contribution < 1.29 is 14.0 Å². The van der Waals surface area contributed by atoms with E-state index in [2.05, 4.69) is 20.4 Å². The van der Waals surface area contributed by atoms with Gasteiger partial charge in [-0.2, -0.15) is 0 Å². The molecule has 2 amide bonds. The van der Waals surface area contributed by atoms with Crippen molar-refractivity contribution in [3.8, 4) is 0 Å². The van der Waals surface area contributed by atoms with Gasteiger partial charge in [-0.3, -0.25) is 19.4 Å². The van der Waals surface area contributed by atoms with Gasteiger partial charge in [-0.1, -0.05) is 18.2 Å². The van der Waals surface area contributed by atoms with Gasteiger partial charge in [-0.15, -0.1) is 11.3 Å². The number of thiophene rings is 1. The number of rotatable bonds is 7. The first-order valence-corrected chi connectivity index (χ1v) is 11.9. The molecule has 2 heterocycles. The zero-order chi connectivity index (χ0) is 23.1. The van der Waals surface area contributed by atoms with Crippen LogP contribution in [0.1, 0.15) is 43.7 Å². The van der Waals surface area contributed by atoms with E-state index >= 15 is 0 Å². The monoisotopic (exact) mass is 460 g/mol. The maximum Gasteiger partial charge on any atom is 0.234 e. The molecule has 0 bridgehead atoms. The molecule has 3 rings (SSSR count). The number of amides is 2. The summed E-state index contributed by atoms with van der Waals surface area (Å²) >= 11 is 1.56. The number of hydrogen-bond acceptors (Lipinski definition) is 5. The average Bonchev–Trinajstić information content (AvgIpc) is 3.15. The van der Waals surface area contributed by atoms with Gasteiger partial charge in [0, 0.05) is 23.5 Å². The van der Waals surface area contributed by atoms with E-state index in [1.54, 1.807) is 23.5 Å². The molecule has 2 aromatic rings. The van der Waals surface area contributed by atoms with Gasteiger partial charge < -0.3 is 10.6 Å². The van der Waals surface area contributed by atoms with Crippen LogP contribution in [0.25, 0.3) is 0 Å². The second kappa shape index (κ2) is 11.0. The highest BCUT2D eigenvalue weighted by Gasteiger charge is 2.23. The van der Waals surface area contributed by atoms with Crippen LogP contribution in [0.3, 0.4) is 0 Å². The third-order valence-corrected chi connectivity index (χ3v) is 6.20. The Morgan fingerprint density at radius 2 is 1.62 bits per heavy atom. The third kappa shape index (κ3) is 7.69. The van der Waals surface area contributed by atoms with Crippen molar-refractivity contribution in [1.29, 1.82) is 0 Å². The van der Waals surface area contributed by atoms with Gasteiger partial charge in [0.15, 0.2) is 0 Å². The van der Waals surface area contributed by atoms with Gasteiger partial charge in [-0.05, 0) is 69.4 Å². The molecule has 0 saturated carbocycles. The van der Waals surface area contributed by atoms with Gasteiger partial charge in [0.25, 0.3) is 0 Å². The maximum absolute atomic E-state index is 13.4. The summed E-state index contributed by atoms with van der Waals surface area (Å²) in [7, 11) is 0. The summed E-state index contributed by atoms with van der Waals surface area (Å²) in [6.07, 6.45) is 0.905. The second-order valence-electron chi connectivity index (χ2n) is 9.27. The Bertz CT molecular complexity index is 880. The number of carbonyl (C=O) groups excluding carboxylic acids is 2. The van der Waals surface area contributed by atoms with E-state index in [1.807, 2.05) is 38.3 Å². The molecule has 1 saturated heterocycles. The standard InChI is InChI=1S/C24H33FN4O2S/c1-24(2,3)27-22(31)17-29-12-5-11-28(13-14-29)16-21(30)26-23(20-6-4-15-32-20)18-7-9-19(25)10-8-18/h4,6-10,15,23H,5,11-14,16-17H2,1-3H3,(H,26,30)(H,27,31)/t23-/m1/s1. The van der Waals surface area contributed by atoms with Gasteiger partial charge >= 0.3 is 0 Å². The Labute approximate surface area is 193 Å². The van der Waals surface area contributed by atoms with Crippen LogP contribution in [0, 0.1) is 5.82 Å². The molecule has 8 heteroatoms. The van der Waals surface area contributed by atoms with E-state index in [4.69, 9.17) is 0 Å². The molecule has 1 atom stereocenters. The second-order valence-corrected chi connectivity index (χ2v) is 10.3. The average molecular weight is 461 g/mol. The highest BCUT2D eigenvalue weighted by Crippen LogP contribution is 2.26. The summed E-state index contributed by atoms with van der Waals surface area (Å²) in [5, 5.41) is 8.09. The summed E-state index contributed by atoms with van der Waals surface area (Å²) in [5.74, 6) is -0.330. The Hall–Kier alpha value is -2.29. The van der Waals surface area contributed by atoms with E-state index in [-0.39, 0.29) is 29.2 Å². The van der Waals surface area contributed by atoms with Crippen molar-refractivity contribution in [3.05, 3.63) is 58.0 Å². The van der Waals surface area contributed by atoms with Gasteiger partial charge in [0.2, 0.25) is 11.8 Å².